The highest BCUT2D eigenvalue weighted by Gasteiger charge is 2.28. The molecule has 152 valence electrons. The Balaban J connectivity index is 1.79. The van der Waals surface area contributed by atoms with Crippen molar-refractivity contribution >= 4 is 22.8 Å². The molecule has 0 aliphatic carbocycles. The van der Waals surface area contributed by atoms with E-state index in [0.29, 0.717) is 25.4 Å². The van der Waals surface area contributed by atoms with Gasteiger partial charge in [-0.2, -0.15) is 0 Å². The quantitative estimate of drug-likeness (QED) is 0.821. The van der Waals surface area contributed by atoms with Crippen LogP contribution in [0, 0.1) is 0 Å². The van der Waals surface area contributed by atoms with Crippen LogP contribution in [0.2, 0.25) is 0 Å². The van der Waals surface area contributed by atoms with Crippen LogP contribution in [0.4, 0.5) is 0 Å². The molecule has 0 bridgehead atoms. The van der Waals surface area contributed by atoms with Crippen LogP contribution >= 0.6 is 0 Å². The van der Waals surface area contributed by atoms with Crippen LogP contribution in [-0.2, 0) is 11.3 Å². The highest BCUT2D eigenvalue weighted by atomic mass is 16.4. The summed E-state index contributed by atoms with van der Waals surface area (Å²) in [5, 5.41) is 10.0. The molecule has 1 atom stereocenters. The van der Waals surface area contributed by atoms with Crippen LogP contribution in [0.5, 0.6) is 0 Å². The Morgan fingerprint density at radius 3 is 2.64 bits per heavy atom. The standard InChI is InChI=1S/C21H29N3O4/c1-22(2)13-17-16-8-4-5-9-18(16)28-20(17)21(27)24-11-6-7-15(10-12-24)23(3)14-19(25)26/h4-5,8-9,15H,6-7,10-14H2,1-3H3,(H,25,26). The van der Waals surface area contributed by atoms with E-state index in [9.17, 15) is 9.59 Å². The Bertz CT molecular complexity index is 845. The molecule has 1 aliphatic heterocycles. The summed E-state index contributed by atoms with van der Waals surface area (Å²) in [6, 6.07) is 7.93. The highest BCUT2D eigenvalue weighted by Crippen LogP contribution is 2.28. The third-order valence-corrected chi connectivity index (χ3v) is 5.36. The summed E-state index contributed by atoms with van der Waals surface area (Å²) >= 11 is 0. The molecule has 1 unspecified atom stereocenters. The number of rotatable bonds is 6. The number of nitrogens with zero attached hydrogens (tertiary/aromatic N) is 3. The van der Waals surface area contributed by atoms with Crippen molar-refractivity contribution in [3.63, 3.8) is 0 Å². The average Bonchev–Trinajstić information content (AvgIpc) is 2.83. The van der Waals surface area contributed by atoms with Crippen molar-refractivity contribution in [3.8, 4) is 0 Å². The molecule has 1 fully saturated rings. The lowest BCUT2D eigenvalue weighted by atomic mass is 10.1. The molecule has 3 rings (SSSR count). The van der Waals surface area contributed by atoms with Crippen LogP contribution < -0.4 is 0 Å². The van der Waals surface area contributed by atoms with Crippen molar-refractivity contribution in [2.24, 2.45) is 0 Å². The lowest BCUT2D eigenvalue weighted by Crippen LogP contribution is -2.37. The SMILES string of the molecule is CN(C)Cc1c(C(=O)N2CCCC(N(C)CC(=O)O)CC2)oc2ccccc12. The minimum absolute atomic E-state index is 0.0230. The molecule has 28 heavy (non-hydrogen) atoms. The molecule has 1 aliphatic rings. The van der Waals surface area contributed by atoms with E-state index in [1.165, 1.54) is 0 Å². The van der Waals surface area contributed by atoms with Crippen molar-refractivity contribution in [2.75, 3.05) is 40.8 Å². The smallest absolute Gasteiger partial charge is 0.317 e. The van der Waals surface area contributed by atoms with Crippen molar-refractivity contribution in [2.45, 2.75) is 31.8 Å². The Labute approximate surface area is 165 Å². The molecule has 1 N–H and O–H groups in total. The Hall–Kier alpha value is -2.38. The molecular weight excluding hydrogens is 358 g/mol. The van der Waals surface area contributed by atoms with Gasteiger partial charge in [0.1, 0.15) is 5.58 Å². The van der Waals surface area contributed by atoms with Crippen LogP contribution in [0.3, 0.4) is 0 Å². The lowest BCUT2D eigenvalue weighted by Gasteiger charge is -2.25. The number of furan rings is 1. The summed E-state index contributed by atoms with van der Waals surface area (Å²) in [5.41, 5.74) is 1.66. The maximum atomic E-state index is 13.3. The molecule has 1 amide bonds. The topological polar surface area (TPSA) is 77.2 Å². The van der Waals surface area contributed by atoms with Gasteiger partial charge in [-0.15, -0.1) is 0 Å². The first-order chi connectivity index (χ1) is 13.4. The van der Waals surface area contributed by atoms with Crippen LogP contribution in [-0.4, -0.2) is 78.5 Å². The lowest BCUT2D eigenvalue weighted by molar-refractivity contribution is -0.138. The fourth-order valence-electron chi connectivity index (χ4n) is 3.95. The van der Waals surface area contributed by atoms with Crippen molar-refractivity contribution < 1.29 is 19.1 Å². The Kier molecular flexibility index (Phi) is 6.36. The number of amides is 1. The van der Waals surface area contributed by atoms with Crippen LogP contribution in [0.25, 0.3) is 11.0 Å². The monoisotopic (exact) mass is 387 g/mol. The van der Waals surface area contributed by atoms with E-state index in [0.717, 1.165) is 35.8 Å². The first-order valence-electron chi connectivity index (χ1n) is 9.73. The van der Waals surface area contributed by atoms with Gasteiger partial charge in [0.15, 0.2) is 5.76 Å². The minimum Gasteiger partial charge on any atom is -0.480 e. The molecule has 7 nitrogen and oxygen atoms in total. The number of aliphatic carboxylic acids is 1. The summed E-state index contributed by atoms with van der Waals surface area (Å²) in [7, 11) is 5.79. The number of carbonyl (C=O) groups excluding carboxylic acids is 1. The van der Waals surface area contributed by atoms with E-state index < -0.39 is 5.97 Å². The Morgan fingerprint density at radius 2 is 1.93 bits per heavy atom. The largest absolute Gasteiger partial charge is 0.480 e. The molecule has 0 spiro atoms. The zero-order valence-corrected chi connectivity index (χ0v) is 16.9. The minimum atomic E-state index is -0.824. The van der Waals surface area contributed by atoms with E-state index >= 15 is 0 Å². The number of benzene rings is 1. The van der Waals surface area contributed by atoms with Crippen LogP contribution in [0.15, 0.2) is 28.7 Å². The fraction of sp³-hybridized carbons (Fsp3) is 0.524. The number of carbonyl (C=O) groups is 2. The number of carboxylic acid groups (broad SMARTS) is 1. The highest BCUT2D eigenvalue weighted by molar-refractivity contribution is 5.99. The number of fused-ring (bicyclic) bond motifs is 1. The number of para-hydroxylation sites is 1. The first-order valence-corrected chi connectivity index (χ1v) is 9.73. The number of hydrogen-bond acceptors (Lipinski definition) is 5. The van der Waals surface area contributed by atoms with E-state index in [-0.39, 0.29) is 18.5 Å². The van der Waals surface area contributed by atoms with Crippen molar-refractivity contribution in [1.29, 1.82) is 0 Å². The second-order valence-corrected chi connectivity index (χ2v) is 7.83. The first kappa shape index (κ1) is 20.4. The predicted octanol–water partition coefficient (Wildman–Crippen LogP) is 2.51. The normalized spacial score (nSPS) is 18.0. The molecule has 2 aromatic rings. The zero-order chi connectivity index (χ0) is 20.3. The van der Waals surface area contributed by atoms with E-state index in [4.69, 9.17) is 9.52 Å². The molecule has 7 heteroatoms. The van der Waals surface area contributed by atoms with Gasteiger partial charge in [0.2, 0.25) is 0 Å². The van der Waals surface area contributed by atoms with Gasteiger partial charge in [-0.25, -0.2) is 0 Å². The van der Waals surface area contributed by atoms with Gasteiger partial charge in [-0.05, 0) is 46.5 Å². The van der Waals surface area contributed by atoms with Crippen molar-refractivity contribution in [1.82, 2.24) is 14.7 Å². The maximum Gasteiger partial charge on any atom is 0.317 e. The summed E-state index contributed by atoms with van der Waals surface area (Å²) in [6.45, 7) is 1.92. The van der Waals surface area contributed by atoms with E-state index in [1.54, 1.807) is 0 Å². The molecule has 1 aromatic carbocycles. The predicted molar refractivity (Wildman–Crippen MR) is 107 cm³/mol. The van der Waals surface area contributed by atoms with Gasteiger partial charge in [0.05, 0.1) is 6.54 Å². The van der Waals surface area contributed by atoms with E-state index in [2.05, 4.69) is 0 Å². The summed E-state index contributed by atoms with van der Waals surface area (Å²) < 4.78 is 5.98. The van der Waals surface area contributed by atoms with Crippen molar-refractivity contribution in [3.05, 3.63) is 35.6 Å². The third-order valence-electron chi connectivity index (χ3n) is 5.36. The number of carboxylic acids is 1. The van der Waals surface area contributed by atoms with Gasteiger partial charge in [-0.1, -0.05) is 18.2 Å². The molecule has 1 saturated heterocycles. The van der Waals surface area contributed by atoms with Gasteiger partial charge in [-0.3, -0.25) is 14.5 Å². The fourth-order valence-corrected chi connectivity index (χ4v) is 3.95. The number of likely N-dealkylation sites (tertiary alicyclic amines) is 1. The second-order valence-electron chi connectivity index (χ2n) is 7.83. The number of likely N-dealkylation sites (N-methyl/N-ethyl adjacent to an activating group) is 1. The number of hydrogen-bond donors (Lipinski definition) is 1. The van der Waals surface area contributed by atoms with Crippen LogP contribution in [0.1, 0.15) is 35.4 Å². The summed E-state index contributed by atoms with van der Waals surface area (Å²) in [4.78, 5) is 30.0. The molecule has 0 radical (unpaired) electrons. The average molecular weight is 387 g/mol. The molecule has 1 aromatic heterocycles. The Morgan fingerprint density at radius 1 is 1.18 bits per heavy atom. The molecule has 2 heterocycles. The van der Waals surface area contributed by atoms with Gasteiger partial charge in [0.25, 0.3) is 5.91 Å². The third kappa shape index (κ3) is 4.54. The second kappa shape index (κ2) is 8.75. The maximum absolute atomic E-state index is 13.3. The van der Waals surface area contributed by atoms with Gasteiger partial charge in [0, 0.05) is 36.6 Å². The van der Waals surface area contributed by atoms with Gasteiger partial charge < -0.3 is 19.3 Å². The molecular formula is C21H29N3O4. The van der Waals surface area contributed by atoms with Gasteiger partial charge >= 0.3 is 5.97 Å². The van der Waals surface area contributed by atoms with E-state index in [1.807, 2.05) is 60.1 Å². The summed E-state index contributed by atoms with van der Waals surface area (Å²) in [6.07, 6.45) is 2.50. The summed E-state index contributed by atoms with van der Waals surface area (Å²) in [5.74, 6) is -0.475. The zero-order valence-electron chi connectivity index (χ0n) is 16.9. The molecule has 0 saturated carbocycles.